The molecule has 0 fully saturated rings. The zero-order valence-electron chi connectivity index (χ0n) is 13.2. The summed E-state index contributed by atoms with van der Waals surface area (Å²) in [6.45, 7) is 5.77. The number of benzene rings is 1. The van der Waals surface area contributed by atoms with Gasteiger partial charge in [0.1, 0.15) is 5.75 Å². The first-order valence-electron chi connectivity index (χ1n) is 7.00. The van der Waals surface area contributed by atoms with Crippen LogP contribution in [0.5, 0.6) is 5.75 Å². The number of hydrogen-bond donors (Lipinski definition) is 1. The SMILES string of the molecule is COc1ccc(CC(=O)NCCCN(C)C)c(C)c1C. The average molecular weight is 278 g/mol. The van der Waals surface area contributed by atoms with E-state index in [2.05, 4.69) is 10.2 Å². The van der Waals surface area contributed by atoms with Gasteiger partial charge in [0.25, 0.3) is 0 Å². The molecule has 1 aromatic rings. The molecule has 0 aliphatic carbocycles. The number of rotatable bonds is 7. The van der Waals surface area contributed by atoms with E-state index in [0.717, 1.165) is 42.0 Å². The maximum absolute atomic E-state index is 11.9. The smallest absolute Gasteiger partial charge is 0.224 e. The average Bonchev–Trinajstić information content (AvgIpc) is 2.40. The fourth-order valence-corrected chi connectivity index (χ4v) is 2.12. The molecule has 0 unspecified atom stereocenters. The number of nitrogens with one attached hydrogen (secondary N) is 1. The fraction of sp³-hybridized carbons (Fsp3) is 0.562. The van der Waals surface area contributed by atoms with Gasteiger partial charge in [-0.1, -0.05) is 6.07 Å². The molecule has 0 atom stereocenters. The molecule has 112 valence electrons. The minimum absolute atomic E-state index is 0.0800. The van der Waals surface area contributed by atoms with Gasteiger partial charge in [-0.05, 0) is 63.7 Å². The number of nitrogens with zero attached hydrogens (tertiary/aromatic N) is 1. The van der Waals surface area contributed by atoms with E-state index in [9.17, 15) is 4.79 Å². The van der Waals surface area contributed by atoms with E-state index >= 15 is 0 Å². The molecule has 4 heteroatoms. The summed E-state index contributed by atoms with van der Waals surface area (Å²) in [5.74, 6) is 0.953. The van der Waals surface area contributed by atoms with Crippen molar-refractivity contribution in [2.24, 2.45) is 0 Å². The van der Waals surface area contributed by atoms with Gasteiger partial charge >= 0.3 is 0 Å². The van der Waals surface area contributed by atoms with E-state index in [1.165, 1.54) is 0 Å². The number of methoxy groups -OCH3 is 1. The second-order valence-electron chi connectivity index (χ2n) is 5.36. The molecule has 4 nitrogen and oxygen atoms in total. The highest BCUT2D eigenvalue weighted by atomic mass is 16.5. The quantitative estimate of drug-likeness (QED) is 0.775. The van der Waals surface area contributed by atoms with Crippen LogP contribution in [-0.4, -0.2) is 45.1 Å². The van der Waals surface area contributed by atoms with Crippen LogP contribution in [0.15, 0.2) is 12.1 Å². The Morgan fingerprint density at radius 3 is 2.55 bits per heavy atom. The molecule has 0 aromatic heterocycles. The molecular formula is C16H26N2O2. The van der Waals surface area contributed by atoms with E-state index < -0.39 is 0 Å². The van der Waals surface area contributed by atoms with Gasteiger partial charge in [0.05, 0.1) is 13.5 Å². The molecule has 0 heterocycles. The third-order valence-electron chi connectivity index (χ3n) is 3.52. The molecule has 0 saturated carbocycles. The largest absolute Gasteiger partial charge is 0.496 e. The Bertz CT molecular complexity index is 456. The van der Waals surface area contributed by atoms with Gasteiger partial charge in [0, 0.05) is 6.54 Å². The molecule has 0 spiro atoms. The van der Waals surface area contributed by atoms with E-state index in [0.29, 0.717) is 6.42 Å². The lowest BCUT2D eigenvalue weighted by Crippen LogP contribution is -2.28. The summed E-state index contributed by atoms with van der Waals surface area (Å²) in [6, 6.07) is 3.90. The zero-order valence-corrected chi connectivity index (χ0v) is 13.2. The predicted molar refractivity (Wildman–Crippen MR) is 82.4 cm³/mol. The Hall–Kier alpha value is -1.55. The van der Waals surface area contributed by atoms with Gasteiger partial charge in [0.15, 0.2) is 0 Å². The molecule has 1 aromatic carbocycles. The second kappa shape index (κ2) is 7.90. The van der Waals surface area contributed by atoms with Crippen LogP contribution < -0.4 is 10.1 Å². The first-order valence-corrected chi connectivity index (χ1v) is 7.00. The number of ether oxygens (including phenoxy) is 1. The van der Waals surface area contributed by atoms with Crippen molar-refractivity contribution in [2.45, 2.75) is 26.7 Å². The maximum atomic E-state index is 11.9. The topological polar surface area (TPSA) is 41.6 Å². The summed E-state index contributed by atoms with van der Waals surface area (Å²) in [6.07, 6.45) is 1.40. The van der Waals surface area contributed by atoms with E-state index in [4.69, 9.17) is 4.74 Å². The summed E-state index contributed by atoms with van der Waals surface area (Å²) in [4.78, 5) is 14.0. The van der Waals surface area contributed by atoms with Crippen molar-refractivity contribution < 1.29 is 9.53 Å². The molecular weight excluding hydrogens is 252 g/mol. The third kappa shape index (κ3) is 4.85. The zero-order chi connectivity index (χ0) is 15.1. The molecule has 0 aliphatic heterocycles. The van der Waals surface area contributed by atoms with Crippen molar-refractivity contribution in [3.63, 3.8) is 0 Å². The Balaban J connectivity index is 2.52. The van der Waals surface area contributed by atoms with Gasteiger partial charge in [-0.15, -0.1) is 0 Å². The van der Waals surface area contributed by atoms with Crippen molar-refractivity contribution in [1.29, 1.82) is 0 Å². The van der Waals surface area contributed by atoms with Crippen LogP contribution in [0.3, 0.4) is 0 Å². The third-order valence-corrected chi connectivity index (χ3v) is 3.52. The summed E-state index contributed by atoms with van der Waals surface area (Å²) >= 11 is 0. The molecule has 0 saturated heterocycles. The van der Waals surface area contributed by atoms with Gasteiger partial charge in [-0.3, -0.25) is 4.79 Å². The Morgan fingerprint density at radius 2 is 1.95 bits per heavy atom. The number of amides is 1. The summed E-state index contributed by atoms with van der Waals surface area (Å²) in [5.41, 5.74) is 3.30. The Labute approximate surface area is 122 Å². The van der Waals surface area contributed by atoms with Crippen molar-refractivity contribution >= 4 is 5.91 Å². The molecule has 1 amide bonds. The van der Waals surface area contributed by atoms with Crippen LogP contribution in [0.2, 0.25) is 0 Å². The highest BCUT2D eigenvalue weighted by molar-refractivity contribution is 5.79. The first-order chi connectivity index (χ1) is 9.45. The van der Waals surface area contributed by atoms with Crippen LogP contribution in [0.25, 0.3) is 0 Å². The second-order valence-corrected chi connectivity index (χ2v) is 5.36. The first kappa shape index (κ1) is 16.5. The van der Waals surface area contributed by atoms with Crippen molar-refractivity contribution in [3.05, 3.63) is 28.8 Å². The number of carbonyl (C=O) groups is 1. The standard InChI is InChI=1S/C16H26N2O2/c1-12-13(2)15(20-5)8-7-14(12)11-16(19)17-9-6-10-18(3)4/h7-8H,6,9-11H2,1-5H3,(H,17,19). The molecule has 1 rings (SSSR count). The van der Waals surface area contributed by atoms with Gasteiger partial charge in [-0.25, -0.2) is 0 Å². The predicted octanol–water partition coefficient (Wildman–Crippen LogP) is 1.92. The van der Waals surface area contributed by atoms with Crippen LogP contribution in [-0.2, 0) is 11.2 Å². The minimum Gasteiger partial charge on any atom is -0.496 e. The van der Waals surface area contributed by atoms with E-state index in [1.54, 1.807) is 7.11 Å². The van der Waals surface area contributed by atoms with Gasteiger partial charge in [0.2, 0.25) is 5.91 Å². The number of hydrogen-bond acceptors (Lipinski definition) is 3. The van der Waals surface area contributed by atoms with E-state index in [-0.39, 0.29) is 5.91 Å². The Kier molecular flexibility index (Phi) is 6.52. The molecule has 1 N–H and O–H groups in total. The highest BCUT2D eigenvalue weighted by Crippen LogP contribution is 2.24. The highest BCUT2D eigenvalue weighted by Gasteiger charge is 2.10. The lowest BCUT2D eigenvalue weighted by atomic mass is 10.00. The fourth-order valence-electron chi connectivity index (χ4n) is 2.12. The molecule has 0 radical (unpaired) electrons. The molecule has 0 aliphatic rings. The van der Waals surface area contributed by atoms with Crippen LogP contribution in [0.4, 0.5) is 0 Å². The lowest BCUT2D eigenvalue weighted by Gasteiger charge is -2.13. The maximum Gasteiger partial charge on any atom is 0.224 e. The summed E-state index contributed by atoms with van der Waals surface area (Å²) in [7, 11) is 5.73. The molecule has 0 bridgehead atoms. The molecule has 20 heavy (non-hydrogen) atoms. The summed E-state index contributed by atoms with van der Waals surface area (Å²) in [5, 5.41) is 2.96. The van der Waals surface area contributed by atoms with Gasteiger partial charge in [-0.2, -0.15) is 0 Å². The number of carbonyl (C=O) groups excluding carboxylic acids is 1. The van der Waals surface area contributed by atoms with E-state index in [1.807, 2.05) is 40.1 Å². The van der Waals surface area contributed by atoms with Gasteiger partial charge < -0.3 is 15.0 Å². The Morgan fingerprint density at radius 1 is 1.25 bits per heavy atom. The van der Waals surface area contributed by atoms with Crippen molar-refractivity contribution in [2.75, 3.05) is 34.3 Å². The van der Waals surface area contributed by atoms with Crippen LogP contribution in [0, 0.1) is 13.8 Å². The lowest BCUT2D eigenvalue weighted by molar-refractivity contribution is -0.120. The van der Waals surface area contributed by atoms with Crippen molar-refractivity contribution in [3.8, 4) is 5.75 Å². The monoisotopic (exact) mass is 278 g/mol. The summed E-state index contributed by atoms with van der Waals surface area (Å²) < 4.78 is 5.28. The minimum atomic E-state index is 0.0800. The van der Waals surface area contributed by atoms with Crippen molar-refractivity contribution in [1.82, 2.24) is 10.2 Å². The van der Waals surface area contributed by atoms with Crippen LogP contribution >= 0.6 is 0 Å². The van der Waals surface area contributed by atoms with Crippen LogP contribution in [0.1, 0.15) is 23.1 Å². The normalized spacial score (nSPS) is 10.7.